The molecule has 3 atom stereocenters. The first-order valence-electron chi connectivity index (χ1n) is 15.9. The van der Waals surface area contributed by atoms with Gasteiger partial charge in [0.05, 0.1) is 6.17 Å². The number of unbranched alkanes of at least 4 members (excludes halogenated alkanes) is 14. The fourth-order valence-electron chi connectivity index (χ4n) is 4.31. The van der Waals surface area contributed by atoms with Gasteiger partial charge in [0.2, 0.25) is 11.7 Å². The van der Waals surface area contributed by atoms with Crippen LogP contribution in [0.2, 0.25) is 0 Å². The minimum Gasteiger partial charge on any atom is -0.431 e. The SMILES string of the molecule is CCC(O)(CCN)OC(=O)C(C)O.CCCCCCCCCCCCCCCCCC(=O)NC(CC)N(C)C. The summed E-state index contributed by atoms with van der Waals surface area (Å²) in [5, 5.41) is 21.5. The molecule has 0 aromatic carbocycles. The second-order valence-corrected chi connectivity index (χ2v) is 11.1. The molecule has 5 N–H and O–H groups in total. The lowest BCUT2D eigenvalue weighted by molar-refractivity contribution is -0.218. The van der Waals surface area contributed by atoms with E-state index < -0.39 is 17.9 Å². The molecule has 39 heavy (non-hydrogen) atoms. The number of esters is 1. The van der Waals surface area contributed by atoms with Crippen LogP contribution in [-0.4, -0.2) is 65.7 Å². The summed E-state index contributed by atoms with van der Waals surface area (Å²) in [7, 11) is 4.03. The molecule has 0 fully saturated rings. The topological polar surface area (TPSA) is 125 Å². The highest BCUT2D eigenvalue weighted by Gasteiger charge is 2.29. The Morgan fingerprint density at radius 3 is 1.62 bits per heavy atom. The molecule has 0 aliphatic heterocycles. The van der Waals surface area contributed by atoms with E-state index in [1.54, 1.807) is 6.92 Å². The van der Waals surface area contributed by atoms with Crippen LogP contribution in [0.4, 0.5) is 0 Å². The summed E-state index contributed by atoms with van der Waals surface area (Å²) in [6, 6.07) is 0. The molecule has 0 heterocycles. The molecular formula is C31H65N3O5. The summed E-state index contributed by atoms with van der Waals surface area (Å²) in [5.41, 5.74) is 5.23. The Morgan fingerprint density at radius 1 is 0.846 bits per heavy atom. The number of hydrogen-bond donors (Lipinski definition) is 4. The fraction of sp³-hybridized carbons (Fsp3) is 0.935. The van der Waals surface area contributed by atoms with Crippen LogP contribution in [0.15, 0.2) is 0 Å². The molecule has 1 amide bonds. The molecule has 0 aromatic heterocycles. The van der Waals surface area contributed by atoms with Crippen LogP contribution in [0.5, 0.6) is 0 Å². The molecule has 0 aliphatic rings. The number of carbonyl (C=O) groups excluding carboxylic acids is 2. The van der Waals surface area contributed by atoms with Crippen molar-refractivity contribution in [3.05, 3.63) is 0 Å². The monoisotopic (exact) mass is 559 g/mol. The molecule has 0 saturated carbocycles. The number of nitrogens with one attached hydrogen (secondary N) is 1. The van der Waals surface area contributed by atoms with Crippen molar-refractivity contribution in [2.75, 3.05) is 20.6 Å². The van der Waals surface area contributed by atoms with Gasteiger partial charge in [-0.2, -0.15) is 0 Å². The fourth-order valence-corrected chi connectivity index (χ4v) is 4.31. The van der Waals surface area contributed by atoms with E-state index in [4.69, 9.17) is 10.8 Å². The highest BCUT2D eigenvalue weighted by Crippen LogP contribution is 2.17. The molecule has 0 saturated heterocycles. The van der Waals surface area contributed by atoms with Gasteiger partial charge in [-0.05, 0) is 40.4 Å². The number of carbonyl (C=O) groups is 2. The van der Waals surface area contributed by atoms with E-state index in [2.05, 4.69) is 28.8 Å². The van der Waals surface area contributed by atoms with Crippen molar-refractivity contribution in [3.63, 3.8) is 0 Å². The first kappa shape index (κ1) is 39.9. The minimum atomic E-state index is -1.54. The van der Waals surface area contributed by atoms with Crippen molar-refractivity contribution < 1.29 is 24.5 Å². The zero-order chi connectivity index (χ0) is 29.9. The number of rotatable bonds is 24. The molecule has 0 spiro atoms. The predicted molar refractivity (Wildman–Crippen MR) is 162 cm³/mol. The number of nitrogens with zero attached hydrogens (tertiary/aromatic N) is 1. The maximum Gasteiger partial charge on any atom is 0.337 e. The Morgan fingerprint density at radius 2 is 1.28 bits per heavy atom. The van der Waals surface area contributed by atoms with Gasteiger partial charge in [0, 0.05) is 19.3 Å². The third-order valence-electron chi connectivity index (χ3n) is 7.06. The Labute approximate surface area is 240 Å². The summed E-state index contributed by atoms with van der Waals surface area (Å²) in [6.45, 7) is 7.56. The van der Waals surface area contributed by atoms with Crippen molar-refractivity contribution in [1.82, 2.24) is 10.2 Å². The third-order valence-corrected chi connectivity index (χ3v) is 7.06. The largest absolute Gasteiger partial charge is 0.431 e. The Bertz CT molecular complexity index is 574. The predicted octanol–water partition coefficient (Wildman–Crippen LogP) is 6.02. The van der Waals surface area contributed by atoms with Gasteiger partial charge < -0.3 is 26.0 Å². The standard InChI is InChI=1S/C23H48N2O.C8H17NO4/c1-5-7-8-9-10-11-12-13-14-15-16-17-18-19-20-21-23(26)24-22(6-2)25(3)4;1-3-8(12,4-5-9)13-7(11)6(2)10/h22H,5-21H2,1-4H3,(H,24,26);6,10,12H,3-5,9H2,1-2H3. The molecule has 0 bridgehead atoms. The van der Waals surface area contributed by atoms with Gasteiger partial charge in [-0.1, -0.05) is 111 Å². The zero-order valence-corrected chi connectivity index (χ0v) is 26.4. The van der Waals surface area contributed by atoms with Crippen molar-refractivity contribution >= 4 is 11.9 Å². The Balaban J connectivity index is 0. The first-order chi connectivity index (χ1) is 18.6. The summed E-state index contributed by atoms with van der Waals surface area (Å²) >= 11 is 0. The molecule has 0 rings (SSSR count). The van der Waals surface area contributed by atoms with Gasteiger partial charge in [-0.3, -0.25) is 9.69 Å². The van der Waals surface area contributed by atoms with Crippen molar-refractivity contribution in [1.29, 1.82) is 0 Å². The first-order valence-corrected chi connectivity index (χ1v) is 15.9. The Hall–Kier alpha value is -1.22. The van der Waals surface area contributed by atoms with E-state index in [-0.39, 0.29) is 31.5 Å². The van der Waals surface area contributed by atoms with Crippen LogP contribution < -0.4 is 11.1 Å². The highest BCUT2D eigenvalue weighted by atomic mass is 16.7. The van der Waals surface area contributed by atoms with E-state index in [1.807, 2.05) is 14.1 Å². The van der Waals surface area contributed by atoms with Crippen LogP contribution in [0.1, 0.15) is 150 Å². The normalized spacial score (nSPS) is 14.2. The van der Waals surface area contributed by atoms with Gasteiger partial charge in [0.25, 0.3) is 0 Å². The summed E-state index contributed by atoms with van der Waals surface area (Å²) in [4.78, 5) is 24.9. The maximum atomic E-state index is 11.9. The van der Waals surface area contributed by atoms with E-state index >= 15 is 0 Å². The smallest absolute Gasteiger partial charge is 0.337 e. The van der Waals surface area contributed by atoms with E-state index in [0.29, 0.717) is 6.42 Å². The number of ether oxygens (including phenoxy) is 1. The van der Waals surface area contributed by atoms with E-state index in [9.17, 15) is 14.7 Å². The molecule has 0 aromatic rings. The molecule has 3 unspecified atom stereocenters. The zero-order valence-electron chi connectivity index (χ0n) is 26.4. The van der Waals surface area contributed by atoms with Crippen LogP contribution in [0.3, 0.4) is 0 Å². The van der Waals surface area contributed by atoms with E-state index in [1.165, 1.54) is 96.8 Å². The molecule has 8 nitrogen and oxygen atoms in total. The van der Waals surface area contributed by atoms with Gasteiger partial charge in [-0.25, -0.2) is 4.79 Å². The number of aliphatic hydroxyl groups is 2. The minimum absolute atomic E-state index is 0.169. The summed E-state index contributed by atoms with van der Waals surface area (Å²) in [6.07, 6.45) is 21.5. The molecule has 234 valence electrons. The quantitative estimate of drug-likeness (QED) is 0.0647. The highest BCUT2D eigenvalue weighted by molar-refractivity contribution is 5.76. The lowest BCUT2D eigenvalue weighted by atomic mass is 10.0. The second-order valence-electron chi connectivity index (χ2n) is 11.1. The van der Waals surface area contributed by atoms with Crippen molar-refractivity contribution in [2.45, 2.75) is 168 Å². The summed E-state index contributed by atoms with van der Waals surface area (Å²) in [5.74, 6) is -2.17. The number of aliphatic hydroxyl groups excluding tert-OH is 1. The number of amides is 1. The second kappa shape index (κ2) is 27.0. The van der Waals surface area contributed by atoms with Gasteiger partial charge >= 0.3 is 5.97 Å². The average Bonchev–Trinajstić information content (AvgIpc) is 2.89. The number of hydrogen-bond acceptors (Lipinski definition) is 7. The van der Waals surface area contributed by atoms with Gasteiger partial charge in [0.1, 0.15) is 6.10 Å². The van der Waals surface area contributed by atoms with Crippen molar-refractivity contribution in [3.8, 4) is 0 Å². The maximum absolute atomic E-state index is 11.9. The van der Waals surface area contributed by atoms with E-state index in [0.717, 1.165) is 12.8 Å². The average molecular weight is 560 g/mol. The lowest BCUT2D eigenvalue weighted by Crippen LogP contribution is -2.44. The molecule has 8 heteroatoms. The number of nitrogens with two attached hydrogens (primary N) is 1. The molecular weight excluding hydrogens is 494 g/mol. The van der Waals surface area contributed by atoms with Crippen LogP contribution in [0, 0.1) is 0 Å². The Kier molecular flexibility index (Phi) is 27.6. The van der Waals surface area contributed by atoms with Crippen LogP contribution in [-0.2, 0) is 14.3 Å². The van der Waals surface area contributed by atoms with Crippen LogP contribution in [0.25, 0.3) is 0 Å². The molecule has 0 aliphatic carbocycles. The van der Waals surface area contributed by atoms with Gasteiger partial charge in [-0.15, -0.1) is 0 Å². The third kappa shape index (κ3) is 25.5. The van der Waals surface area contributed by atoms with Crippen LogP contribution >= 0.6 is 0 Å². The molecule has 0 radical (unpaired) electrons. The summed E-state index contributed by atoms with van der Waals surface area (Å²) < 4.78 is 4.68. The lowest BCUT2D eigenvalue weighted by Gasteiger charge is -2.26. The van der Waals surface area contributed by atoms with Crippen molar-refractivity contribution in [2.24, 2.45) is 5.73 Å². The van der Waals surface area contributed by atoms with Gasteiger partial charge in [0.15, 0.2) is 0 Å².